The second kappa shape index (κ2) is 7.21. The van der Waals surface area contributed by atoms with E-state index in [0.717, 1.165) is 11.1 Å². The fourth-order valence-electron chi connectivity index (χ4n) is 2.54. The number of rotatable bonds is 4. The molecule has 0 aliphatic carbocycles. The van der Waals surface area contributed by atoms with E-state index in [4.69, 9.17) is 34.8 Å². The molecule has 0 amide bonds. The Kier molecular flexibility index (Phi) is 5.76. The van der Waals surface area contributed by atoms with E-state index in [1.807, 2.05) is 32.9 Å². The fourth-order valence-corrected chi connectivity index (χ4v) is 3.40. The molecular formula is C18H18Cl3F. The van der Waals surface area contributed by atoms with Crippen LogP contribution in [0.2, 0.25) is 15.1 Å². The average molecular weight is 360 g/mol. The maximum Gasteiger partial charge on any atom is 0.127 e. The second-order valence-corrected chi connectivity index (χ2v) is 7.14. The minimum absolute atomic E-state index is 0.0573. The van der Waals surface area contributed by atoms with Gasteiger partial charge in [0.2, 0.25) is 0 Å². The summed E-state index contributed by atoms with van der Waals surface area (Å²) in [6, 6.07) is 8.62. The lowest BCUT2D eigenvalue weighted by Gasteiger charge is -2.17. The predicted octanol–water partition coefficient (Wildman–Crippen LogP) is 7.26. The van der Waals surface area contributed by atoms with Crippen LogP contribution < -0.4 is 0 Å². The highest BCUT2D eigenvalue weighted by Crippen LogP contribution is 2.33. The van der Waals surface area contributed by atoms with Gasteiger partial charge in [0.1, 0.15) is 5.82 Å². The molecule has 1 atom stereocenters. The third kappa shape index (κ3) is 3.95. The first-order chi connectivity index (χ1) is 10.3. The molecule has 0 saturated carbocycles. The zero-order valence-electron chi connectivity index (χ0n) is 12.8. The molecule has 0 heterocycles. The number of hydrogen-bond donors (Lipinski definition) is 0. The molecule has 0 aliphatic heterocycles. The molecule has 0 saturated heterocycles. The highest BCUT2D eigenvalue weighted by molar-refractivity contribution is 6.33. The topological polar surface area (TPSA) is 0 Å². The molecule has 118 valence electrons. The van der Waals surface area contributed by atoms with Gasteiger partial charge in [-0.3, -0.25) is 0 Å². The summed E-state index contributed by atoms with van der Waals surface area (Å²) in [6.45, 7) is 6.10. The van der Waals surface area contributed by atoms with Crippen molar-refractivity contribution in [3.05, 3.63) is 67.9 Å². The Hall–Kier alpha value is -0.760. The monoisotopic (exact) mass is 358 g/mol. The summed E-state index contributed by atoms with van der Waals surface area (Å²) >= 11 is 18.4. The average Bonchev–Trinajstić information content (AvgIpc) is 2.43. The Morgan fingerprint density at radius 1 is 0.909 bits per heavy atom. The van der Waals surface area contributed by atoms with Crippen molar-refractivity contribution in [2.45, 2.75) is 39.0 Å². The van der Waals surface area contributed by atoms with Crippen molar-refractivity contribution in [2.24, 2.45) is 0 Å². The Bertz CT molecular complexity index is 680. The molecule has 2 aromatic carbocycles. The minimum Gasteiger partial charge on any atom is -0.207 e. The van der Waals surface area contributed by atoms with E-state index in [-0.39, 0.29) is 17.7 Å². The van der Waals surface area contributed by atoms with E-state index >= 15 is 0 Å². The molecule has 2 rings (SSSR count). The van der Waals surface area contributed by atoms with Crippen molar-refractivity contribution >= 4 is 34.8 Å². The standard InChI is InChI=1S/C18H18Cl3F/c1-10(2)14-7-12(18(22)9-17(14)21)6-11(3)15-8-13(19)4-5-16(15)20/h4-5,7-11H,6H2,1-3H3/t11-/m1/s1. The van der Waals surface area contributed by atoms with E-state index in [2.05, 4.69) is 0 Å². The molecule has 0 spiro atoms. The smallest absolute Gasteiger partial charge is 0.127 e. The summed E-state index contributed by atoms with van der Waals surface area (Å²) < 4.78 is 14.2. The van der Waals surface area contributed by atoms with E-state index in [1.165, 1.54) is 6.07 Å². The molecule has 0 fully saturated rings. The van der Waals surface area contributed by atoms with Crippen LogP contribution in [0.5, 0.6) is 0 Å². The van der Waals surface area contributed by atoms with Gasteiger partial charge in [0.05, 0.1) is 0 Å². The molecule has 0 nitrogen and oxygen atoms in total. The van der Waals surface area contributed by atoms with Crippen LogP contribution in [0.15, 0.2) is 30.3 Å². The molecule has 4 heteroatoms. The molecule has 0 aliphatic rings. The van der Waals surface area contributed by atoms with E-state index < -0.39 is 0 Å². The third-order valence-corrected chi connectivity index (χ3v) is 4.71. The quantitative estimate of drug-likeness (QED) is 0.539. The molecular weight excluding hydrogens is 342 g/mol. The molecule has 0 unspecified atom stereocenters. The van der Waals surface area contributed by atoms with Crippen LogP contribution in [0, 0.1) is 5.82 Å². The van der Waals surface area contributed by atoms with Gasteiger partial charge in [-0.15, -0.1) is 0 Å². The number of benzene rings is 2. The number of hydrogen-bond acceptors (Lipinski definition) is 0. The second-order valence-electron chi connectivity index (χ2n) is 5.89. The Labute approximate surface area is 146 Å². The predicted molar refractivity (Wildman–Crippen MR) is 94.1 cm³/mol. The summed E-state index contributed by atoms with van der Waals surface area (Å²) in [5, 5.41) is 1.76. The van der Waals surface area contributed by atoms with E-state index in [0.29, 0.717) is 27.1 Å². The first-order valence-electron chi connectivity index (χ1n) is 7.22. The highest BCUT2D eigenvalue weighted by atomic mass is 35.5. The van der Waals surface area contributed by atoms with Crippen molar-refractivity contribution in [3.63, 3.8) is 0 Å². The van der Waals surface area contributed by atoms with Gasteiger partial charge in [-0.05, 0) is 59.2 Å². The summed E-state index contributed by atoms with van der Waals surface area (Å²) in [7, 11) is 0. The highest BCUT2D eigenvalue weighted by Gasteiger charge is 2.16. The van der Waals surface area contributed by atoms with Crippen molar-refractivity contribution in [1.82, 2.24) is 0 Å². The van der Waals surface area contributed by atoms with Gasteiger partial charge in [0.15, 0.2) is 0 Å². The van der Waals surface area contributed by atoms with Crippen LogP contribution in [0.4, 0.5) is 4.39 Å². The van der Waals surface area contributed by atoms with E-state index in [9.17, 15) is 4.39 Å². The first-order valence-corrected chi connectivity index (χ1v) is 8.35. The van der Waals surface area contributed by atoms with Gasteiger partial charge in [-0.1, -0.05) is 61.6 Å². The van der Waals surface area contributed by atoms with Gasteiger partial charge in [-0.2, -0.15) is 0 Å². The Morgan fingerprint density at radius 3 is 2.23 bits per heavy atom. The molecule has 2 aromatic rings. The fraction of sp³-hybridized carbons (Fsp3) is 0.333. The Balaban J connectivity index is 2.34. The van der Waals surface area contributed by atoms with Crippen LogP contribution >= 0.6 is 34.8 Å². The van der Waals surface area contributed by atoms with Crippen LogP contribution in [0.1, 0.15) is 49.3 Å². The first kappa shape index (κ1) is 17.6. The molecule has 0 bridgehead atoms. The van der Waals surface area contributed by atoms with Gasteiger partial charge in [-0.25, -0.2) is 4.39 Å². The minimum atomic E-state index is -0.278. The Morgan fingerprint density at radius 2 is 1.59 bits per heavy atom. The molecule has 0 N–H and O–H groups in total. The molecule has 0 aromatic heterocycles. The SMILES string of the molecule is CC(C)c1cc(C[C@@H](C)c2cc(Cl)ccc2Cl)c(F)cc1Cl. The normalized spacial score (nSPS) is 12.7. The summed E-state index contributed by atoms with van der Waals surface area (Å²) in [6.07, 6.45) is 0.544. The lowest BCUT2D eigenvalue weighted by molar-refractivity contribution is 0.596. The zero-order valence-corrected chi connectivity index (χ0v) is 15.0. The number of halogens is 4. The van der Waals surface area contributed by atoms with Gasteiger partial charge < -0.3 is 0 Å². The van der Waals surface area contributed by atoms with Crippen LogP contribution in [0.3, 0.4) is 0 Å². The molecule has 22 heavy (non-hydrogen) atoms. The van der Waals surface area contributed by atoms with Crippen LogP contribution in [-0.2, 0) is 6.42 Å². The zero-order chi connectivity index (χ0) is 16.4. The maximum absolute atomic E-state index is 14.2. The van der Waals surface area contributed by atoms with Crippen LogP contribution in [-0.4, -0.2) is 0 Å². The lowest BCUT2D eigenvalue weighted by Crippen LogP contribution is -2.03. The van der Waals surface area contributed by atoms with Crippen molar-refractivity contribution < 1.29 is 4.39 Å². The summed E-state index contributed by atoms with van der Waals surface area (Å²) in [4.78, 5) is 0. The van der Waals surface area contributed by atoms with Crippen molar-refractivity contribution in [3.8, 4) is 0 Å². The summed E-state index contributed by atoms with van der Waals surface area (Å²) in [5.74, 6) is 0.0261. The van der Waals surface area contributed by atoms with Gasteiger partial charge >= 0.3 is 0 Å². The molecule has 0 radical (unpaired) electrons. The van der Waals surface area contributed by atoms with Crippen LogP contribution in [0.25, 0.3) is 0 Å². The van der Waals surface area contributed by atoms with Crippen molar-refractivity contribution in [2.75, 3.05) is 0 Å². The largest absolute Gasteiger partial charge is 0.207 e. The lowest BCUT2D eigenvalue weighted by atomic mass is 9.91. The van der Waals surface area contributed by atoms with Gasteiger partial charge in [0, 0.05) is 15.1 Å². The maximum atomic E-state index is 14.2. The third-order valence-electron chi connectivity index (χ3n) is 3.80. The van der Waals surface area contributed by atoms with E-state index in [1.54, 1.807) is 12.1 Å². The van der Waals surface area contributed by atoms with Crippen molar-refractivity contribution in [1.29, 1.82) is 0 Å². The summed E-state index contributed by atoms with van der Waals surface area (Å²) in [5.41, 5.74) is 2.54. The van der Waals surface area contributed by atoms with Gasteiger partial charge in [0.25, 0.3) is 0 Å².